The monoisotopic (exact) mass is 203 g/mol. The van der Waals surface area contributed by atoms with Gasteiger partial charge in [0.05, 0.1) is 0 Å². The summed E-state index contributed by atoms with van der Waals surface area (Å²) < 4.78 is 1.98. The number of hydrogen-bond donors (Lipinski definition) is 1. The fourth-order valence-electron chi connectivity index (χ4n) is 1.59. The van der Waals surface area contributed by atoms with E-state index in [9.17, 15) is 4.79 Å². The van der Waals surface area contributed by atoms with E-state index in [0.29, 0.717) is 0 Å². The summed E-state index contributed by atoms with van der Waals surface area (Å²) in [7, 11) is 0. The molecule has 0 aliphatic carbocycles. The van der Waals surface area contributed by atoms with Gasteiger partial charge in [0.2, 0.25) is 6.04 Å². The molecule has 0 aromatic heterocycles. The van der Waals surface area contributed by atoms with Gasteiger partial charge in [0.25, 0.3) is 5.91 Å². The lowest BCUT2D eigenvalue weighted by molar-refractivity contribution is -0.526. The highest BCUT2D eigenvalue weighted by Gasteiger charge is 2.32. The van der Waals surface area contributed by atoms with Crippen LogP contribution in [0.2, 0.25) is 0 Å². The first-order valence-electron chi connectivity index (χ1n) is 4.69. The molecule has 1 saturated heterocycles. The highest BCUT2D eigenvalue weighted by Crippen LogP contribution is 2.12. The SMILES string of the molecule is CCC(Cl)C=[N+]1CCC[C@H]1C(N)=O. The number of halogens is 1. The smallest absolute Gasteiger partial charge is 0.286 e. The summed E-state index contributed by atoms with van der Waals surface area (Å²) in [5, 5.41) is 0.0138. The van der Waals surface area contributed by atoms with Crippen molar-refractivity contribution in [1.82, 2.24) is 0 Å². The van der Waals surface area contributed by atoms with Gasteiger partial charge in [-0.25, -0.2) is 4.58 Å². The average molecular weight is 204 g/mol. The third-order valence-electron chi connectivity index (χ3n) is 2.37. The molecule has 1 unspecified atom stereocenters. The van der Waals surface area contributed by atoms with Crippen LogP contribution in [-0.2, 0) is 4.79 Å². The third-order valence-corrected chi connectivity index (χ3v) is 2.79. The quantitative estimate of drug-likeness (QED) is 0.534. The summed E-state index contributed by atoms with van der Waals surface area (Å²) in [4.78, 5) is 11.0. The summed E-state index contributed by atoms with van der Waals surface area (Å²) in [6.45, 7) is 2.92. The molecular weight excluding hydrogens is 188 g/mol. The topological polar surface area (TPSA) is 46.1 Å². The molecule has 2 atom stereocenters. The summed E-state index contributed by atoms with van der Waals surface area (Å²) in [6.07, 6.45) is 4.68. The van der Waals surface area contributed by atoms with E-state index in [1.54, 1.807) is 0 Å². The van der Waals surface area contributed by atoms with E-state index in [4.69, 9.17) is 17.3 Å². The molecule has 0 aromatic carbocycles. The zero-order chi connectivity index (χ0) is 9.84. The van der Waals surface area contributed by atoms with Crippen molar-refractivity contribution in [3.8, 4) is 0 Å². The van der Waals surface area contributed by atoms with Crippen LogP contribution in [0.5, 0.6) is 0 Å². The molecule has 1 aliphatic heterocycles. The molecule has 3 nitrogen and oxygen atoms in total. The molecule has 1 fully saturated rings. The maximum absolute atomic E-state index is 11.0. The van der Waals surface area contributed by atoms with Crippen molar-refractivity contribution in [3.63, 3.8) is 0 Å². The summed E-state index contributed by atoms with van der Waals surface area (Å²) >= 11 is 5.97. The maximum atomic E-state index is 11.0. The van der Waals surface area contributed by atoms with Gasteiger partial charge in [-0.1, -0.05) is 6.92 Å². The van der Waals surface area contributed by atoms with Crippen LogP contribution >= 0.6 is 11.6 Å². The highest BCUT2D eigenvalue weighted by molar-refractivity contribution is 6.27. The van der Waals surface area contributed by atoms with Crippen molar-refractivity contribution in [3.05, 3.63) is 0 Å². The van der Waals surface area contributed by atoms with Gasteiger partial charge in [-0.05, 0) is 6.42 Å². The molecule has 2 N–H and O–H groups in total. The molecule has 1 amide bonds. The lowest BCUT2D eigenvalue weighted by Gasteiger charge is -2.04. The molecule has 0 aromatic rings. The van der Waals surface area contributed by atoms with E-state index in [-0.39, 0.29) is 17.3 Å². The molecule has 13 heavy (non-hydrogen) atoms. The predicted octanol–water partition coefficient (Wildman–Crippen LogP) is 0.735. The Morgan fingerprint density at radius 2 is 2.54 bits per heavy atom. The zero-order valence-corrected chi connectivity index (χ0v) is 8.63. The first-order valence-corrected chi connectivity index (χ1v) is 5.13. The Kier molecular flexibility index (Phi) is 3.72. The Labute approximate surface area is 83.6 Å². The summed E-state index contributed by atoms with van der Waals surface area (Å²) in [6, 6.07) is -0.132. The third kappa shape index (κ3) is 2.69. The largest absolute Gasteiger partial charge is 0.364 e. The molecule has 0 spiro atoms. The van der Waals surface area contributed by atoms with Crippen LogP contribution in [0.4, 0.5) is 0 Å². The Hall–Kier alpha value is -0.570. The van der Waals surface area contributed by atoms with Gasteiger partial charge in [-0.3, -0.25) is 4.79 Å². The van der Waals surface area contributed by atoms with E-state index in [2.05, 4.69) is 0 Å². The van der Waals surface area contributed by atoms with E-state index < -0.39 is 0 Å². The van der Waals surface area contributed by atoms with E-state index in [1.807, 2.05) is 17.7 Å². The molecular formula is C9H16ClN2O+. The summed E-state index contributed by atoms with van der Waals surface area (Å²) in [5.41, 5.74) is 5.26. The van der Waals surface area contributed by atoms with Crippen LogP contribution in [-0.4, -0.2) is 34.7 Å². The van der Waals surface area contributed by atoms with Gasteiger partial charge in [0.1, 0.15) is 11.9 Å². The van der Waals surface area contributed by atoms with Crippen LogP contribution in [0.3, 0.4) is 0 Å². The fraction of sp³-hybridized carbons (Fsp3) is 0.778. The summed E-state index contributed by atoms with van der Waals surface area (Å²) in [5.74, 6) is -0.242. The lowest BCUT2D eigenvalue weighted by atomic mass is 10.2. The molecule has 1 aliphatic rings. The van der Waals surface area contributed by atoms with Gasteiger partial charge < -0.3 is 5.73 Å². The maximum Gasteiger partial charge on any atom is 0.286 e. The molecule has 0 bridgehead atoms. The number of primary amides is 1. The molecule has 1 heterocycles. The van der Waals surface area contributed by atoms with Gasteiger partial charge in [-0.2, -0.15) is 0 Å². The Bertz CT molecular complexity index is 228. The minimum Gasteiger partial charge on any atom is -0.364 e. The van der Waals surface area contributed by atoms with E-state index in [0.717, 1.165) is 25.8 Å². The second-order valence-electron chi connectivity index (χ2n) is 3.37. The Morgan fingerprint density at radius 3 is 3.08 bits per heavy atom. The number of amides is 1. The van der Waals surface area contributed by atoms with Crippen molar-refractivity contribution in [2.45, 2.75) is 37.6 Å². The van der Waals surface area contributed by atoms with Crippen molar-refractivity contribution in [2.24, 2.45) is 5.73 Å². The number of carbonyl (C=O) groups excluding carboxylic acids is 1. The molecule has 74 valence electrons. The normalized spacial score (nSPS) is 27.8. The van der Waals surface area contributed by atoms with Crippen molar-refractivity contribution in [1.29, 1.82) is 0 Å². The van der Waals surface area contributed by atoms with Crippen molar-refractivity contribution in [2.75, 3.05) is 6.54 Å². The first kappa shape index (κ1) is 10.5. The van der Waals surface area contributed by atoms with Crippen LogP contribution in [0.1, 0.15) is 26.2 Å². The van der Waals surface area contributed by atoms with Crippen LogP contribution in [0, 0.1) is 0 Å². The van der Waals surface area contributed by atoms with E-state index >= 15 is 0 Å². The zero-order valence-electron chi connectivity index (χ0n) is 7.87. The van der Waals surface area contributed by atoms with Crippen LogP contribution in [0.15, 0.2) is 0 Å². The van der Waals surface area contributed by atoms with Gasteiger partial charge in [0.15, 0.2) is 6.21 Å². The average Bonchev–Trinajstić information content (AvgIpc) is 2.52. The number of rotatable bonds is 3. The lowest BCUT2D eigenvalue weighted by Crippen LogP contribution is -2.36. The van der Waals surface area contributed by atoms with Crippen molar-refractivity contribution < 1.29 is 9.37 Å². The molecule has 0 saturated carbocycles. The van der Waals surface area contributed by atoms with E-state index in [1.165, 1.54) is 0 Å². The van der Waals surface area contributed by atoms with Gasteiger partial charge in [-0.15, -0.1) is 11.6 Å². The van der Waals surface area contributed by atoms with Gasteiger partial charge in [0, 0.05) is 12.8 Å². The fourth-order valence-corrected chi connectivity index (χ4v) is 1.73. The minimum absolute atomic E-state index is 0.0138. The van der Waals surface area contributed by atoms with Crippen molar-refractivity contribution >= 4 is 23.7 Å². The predicted molar refractivity (Wildman–Crippen MR) is 53.3 cm³/mol. The molecule has 1 rings (SSSR count). The Morgan fingerprint density at radius 1 is 1.85 bits per heavy atom. The number of nitrogens with zero attached hydrogens (tertiary/aromatic N) is 1. The molecule has 4 heteroatoms. The highest BCUT2D eigenvalue weighted by atomic mass is 35.5. The van der Waals surface area contributed by atoms with Crippen LogP contribution < -0.4 is 5.73 Å². The Balaban J connectivity index is 2.67. The second-order valence-corrected chi connectivity index (χ2v) is 3.93. The first-order chi connectivity index (χ1) is 6.15. The number of carbonyl (C=O) groups is 1. The second kappa shape index (κ2) is 4.61. The van der Waals surface area contributed by atoms with Gasteiger partial charge >= 0.3 is 0 Å². The minimum atomic E-state index is -0.242. The standard InChI is InChI=1S/C9H15ClN2O/c1-2-7(10)6-12-5-3-4-8(12)9(11)13/h6-8H,2-5H2,1H3,(H-,11,13)/p+1/t7?,8-/m0/s1. The number of nitrogens with two attached hydrogens (primary N) is 1. The number of alkyl halides is 1. The van der Waals surface area contributed by atoms with Crippen LogP contribution in [0.25, 0.3) is 0 Å². The number of hydrogen-bond acceptors (Lipinski definition) is 1. The molecule has 0 radical (unpaired) electrons.